The minimum absolute atomic E-state index is 0.124. The molecule has 96 valence electrons. The smallest absolute Gasteiger partial charge is 0.387 e. The predicted molar refractivity (Wildman–Crippen MR) is 66.6 cm³/mol. The van der Waals surface area contributed by atoms with Crippen LogP contribution in [0.5, 0.6) is 5.75 Å². The van der Waals surface area contributed by atoms with Crippen LogP contribution in [-0.4, -0.2) is 6.61 Å². The maximum absolute atomic E-state index is 12.1. The third kappa shape index (κ3) is 3.04. The molecule has 2 rings (SSSR count). The highest BCUT2D eigenvalue weighted by Crippen LogP contribution is 2.28. The quantitative estimate of drug-likeness (QED) is 0.648. The molecule has 0 aliphatic heterocycles. The number of halogens is 2. The van der Waals surface area contributed by atoms with Crippen molar-refractivity contribution < 1.29 is 13.5 Å². The molecule has 18 heavy (non-hydrogen) atoms. The van der Waals surface area contributed by atoms with Gasteiger partial charge in [-0.3, -0.25) is 5.84 Å². The van der Waals surface area contributed by atoms with Gasteiger partial charge in [-0.1, -0.05) is 18.2 Å². The number of hydrogen-bond acceptors (Lipinski definition) is 4. The maximum Gasteiger partial charge on any atom is 0.387 e. The van der Waals surface area contributed by atoms with Crippen molar-refractivity contribution in [1.82, 2.24) is 5.43 Å². The van der Waals surface area contributed by atoms with Crippen molar-refractivity contribution in [3.63, 3.8) is 0 Å². The average molecular weight is 270 g/mol. The van der Waals surface area contributed by atoms with E-state index in [1.165, 1.54) is 17.4 Å². The van der Waals surface area contributed by atoms with E-state index in [1.807, 2.05) is 23.6 Å². The standard InChI is InChI=1S/C12H12F2N2OS/c13-12(14)17-9-4-1-3-8(7-9)11(16-15)10-5-2-6-18-10/h1-7,11-12,16H,15H2. The molecule has 3 nitrogen and oxygen atoms in total. The van der Waals surface area contributed by atoms with E-state index >= 15 is 0 Å². The number of ether oxygens (including phenoxy) is 1. The molecule has 0 bridgehead atoms. The molecule has 3 N–H and O–H groups in total. The second-order valence-electron chi connectivity index (χ2n) is 3.57. The number of nitrogens with one attached hydrogen (secondary N) is 1. The van der Waals surface area contributed by atoms with Crippen LogP contribution in [0, 0.1) is 0 Å². The summed E-state index contributed by atoms with van der Waals surface area (Å²) < 4.78 is 28.7. The van der Waals surface area contributed by atoms with Crippen molar-refractivity contribution >= 4 is 11.3 Å². The van der Waals surface area contributed by atoms with E-state index in [9.17, 15) is 8.78 Å². The van der Waals surface area contributed by atoms with Crippen LogP contribution in [0.25, 0.3) is 0 Å². The zero-order valence-electron chi connectivity index (χ0n) is 9.35. The third-order valence-electron chi connectivity index (χ3n) is 2.41. The van der Waals surface area contributed by atoms with Gasteiger partial charge in [-0.25, -0.2) is 5.43 Å². The predicted octanol–water partition coefficient (Wildman–Crippen LogP) is 2.90. The Morgan fingerprint density at radius 1 is 1.22 bits per heavy atom. The molecule has 0 aliphatic carbocycles. The fourth-order valence-corrected chi connectivity index (χ4v) is 2.48. The molecule has 1 heterocycles. The van der Waals surface area contributed by atoms with Gasteiger partial charge in [-0.05, 0) is 29.1 Å². The maximum atomic E-state index is 12.1. The Labute approximate surface area is 107 Å². The molecule has 6 heteroatoms. The Kier molecular flexibility index (Phi) is 4.24. The van der Waals surface area contributed by atoms with Gasteiger partial charge in [0.1, 0.15) is 5.75 Å². The molecule has 1 atom stereocenters. The molecule has 0 amide bonds. The van der Waals surface area contributed by atoms with Crippen LogP contribution in [0.4, 0.5) is 8.78 Å². The van der Waals surface area contributed by atoms with Gasteiger partial charge in [0.15, 0.2) is 0 Å². The molecular weight excluding hydrogens is 258 g/mol. The fourth-order valence-electron chi connectivity index (χ4n) is 1.67. The Balaban J connectivity index is 2.26. The van der Waals surface area contributed by atoms with Crippen molar-refractivity contribution in [3.8, 4) is 5.75 Å². The van der Waals surface area contributed by atoms with E-state index in [4.69, 9.17) is 5.84 Å². The largest absolute Gasteiger partial charge is 0.435 e. The van der Waals surface area contributed by atoms with E-state index in [1.54, 1.807) is 12.1 Å². The van der Waals surface area contributed by atoms with Crippen molar-refractivity contribution in [1.29, 1.82) is 0 Å². The first-order chi connectivity index (χ1) is 8.70. The zero-order valence-corrected chi connectivity index (χ0v) is 10.2. The molecule has 0 saturated heterocycles. The fraction of sp³-hybridized carbons (Fsp3) is 0.167. The van der Waals surface area contributed by atoms with Crippen LogP contribution in [-0.2, 0) is 0 Å². The van der Waals surface area contributed by atoms with Gasteiger partial charge in [0, 0.05) is 4.88 Å². The SMILES string of the molecule is NNC(c1cccc(OC(F)F)c1)c1cccs1. The first kappa shape index (κ1) is 12.9. The monoisotopic (exact) mass is 270 g/mol. The summed E-state index contributed by atoms with van der Waals surface area (Å²) in [6.45, 7) is -2.83. The molecular formula is C12H12F2N2OS. The highest BCUT2D eigenvalue weighted by Gasteiger charge is 2.14. The Morgan fingerprint density at radius 3 is 2.67 bits per heavy atom. The van der Waals surface area contributed by atoms with Gasteiger partial charge in [-0.2, -0.15) is 8.78 Å². The number of nitrogens with two attached hydrogens (primary N) is 1. The number of thiophene rings is 1. The Hall–Kier alpha value is -1.50. The third-order valence-corrected chi connectivity index (χ3v) is 3.35. The number of hydrazine groups is 1. The van der Waals surface area contributed by atoms with Crippen LogP contribution >= 0.6 is 11.3 Å². The summed E-state index contributed by atoms with van der Waals surface area (Å²) in [5.74, 6) is 5.64. The van der Waals surface area contributed by atoms with Crippen molar-refractivity contribution in [2.45, 2.75) is 12.7 Å². The summed E-state index contributed by atoms with van der Waals surface area (Å²) in [5, 5.41) is 1.93. The molecule has 1 unspecified atom stereocenters. The highest BCUT2D eigenvalue weighted by atomic mass is 32.1. The summed E-state index contributed by atoms with van der Waals surface area (Å²) in [6, 6.07) is 10.1. The number of alkyl halides is 2. The second kappa shape index (κ2) is 5.90. The molecule has 0 spiro atoms. The minimum Gasteiger partial charge on any atom is -0.435 e. The van der Waals surface area contributed by atoms with Crippen molar-refractivity contribution in [3.05, 3.63) is 52.2 Å². The molecule has 0 saturated carbocycles. The van der Waals surface area contributed by atoms with Crippen LogP contribution in [0.2, 0.25) is 0 Å². The second-order valence-corrected chi connectivity index (χ2v) is 4.55. The normalized spacial score (nSPS) is 12.7. The van der Waals surface area contributed by atoms with Gasteiger partial charge in [-0.15, -0.1) is 11.3 Å². The van der Waals surface area contributed by atoms with Crippen LogP contribution in [0.15, 0.2) is 41.8 Å². The van der Waals surface area contributed by atoms with Crippen LogP contribution < -0.4 is 16.0 Å². The van der Waals surface area contributed by atoms with Gasteiger partial charge in [0.2, 0.25) is 0 Å². The minimum atomic E-state index is -2.83. The van der Waals surface area contributed by atoms with E-state index < -0.39 is 6.61 Å². The molecule has 1 aromatic heterocycles. The molecule has 1 aromatic carbocycles. The van der Waals surface area contributed by atoms with E-state index in [0.29, 0.717) is 0 Å². The lowest BCUT2D eigenvalue weighted by Crippen LogP contribution is -2.28. The van der Waals surface area contributed by atoms with E-state index in [0.717, 1.165) is 10.4 Å². The van der Waals surface area contributed by atoms with Crippen molar-refractivity contribution in [2.24, 2.45) is 5.84 Å². The molecule has 2 aromatic rings. The Bertz CT molecular complexity index is 491. The lowest BCUT2D eigenvalue weighted by Gasteiger charge is -2.15. The van der Waals surface area contributed by atoms with Gasteiger partial charge >= 0.3 is 6.61 Å². The van der Waals surface area contributed by atoms with E-state index in [2.05, 4.69) is 10.2 Å². The Morgan fingerprint density at radius 2 is 2.06 bits per heavy atom. The summed E-state index contributed by atoms with van der Waals surface area (Å²) in [7, 11) is 0. The summed E-state index contributed by atoms with van der Waals surface area (Å²) in [6.07, 6.45) is 0. The highest BCUT2D eigenvalue weighted by molar-refractivity contribution is 7.10. The lowest BCUT2D eigenvalue weighted by molar-refractivity contribution is -0.0498. The number of rotatable bonds is 5. The van der Waals surface area contributed by atoms with Crippen LogP contribution in [0.1, 0.15) is 16.5 Å². The van der Waals surface area contributed by atoms with Crippen molar-refractivity contribution in [2.75, 3.05) is 0 Å². The number of benzene rings is 1. The molecule has 0 fully saturated rings. The first-order valence-electron chi connectivity index (χ1n) is 5.25. The van der Waals surface area contributed by atoms with Gasteiger partial charge in [0.05, 0.1) is 6.04 Å². The lowest BCUT2D eigenvalue weighted by atomic mass is 10.1. The summed E-state index contributed by atoms with van der Waals surface area (Å²) >= 11 is 1.54. The summed E-state index contributed by atoms with van der Waals surface area (Å²) in [5.41, 5.74) is 3.44. The van der Waals surface area contributed by atoms with Gasteiger partial charge < -0.3 is 4.74 Å². The average Bonchev–Trinajstić information content (AvgIpc) is 2.83. The first-order valence-corrected chi connectivity index (χ1v) is 6.13. The zero-order chi connectivity index (χ0) is 13.0. The number of hydrogen-bond donors (Lipinski definition) is 2. The topological polar surface area (TPSA) is 47.3 Å². The molecule has 0 aliphatic rings. The molecule has 0 radical (unpaired) electrons. The summed E-state index contributed by atoms with van der Waals surface area (Å²) in [4.78, 5) is 1.01. The van der Waals surface area contributed by atoms with Crippen LogP contribution in [0.3, 0.4) is 0 Å². The van der Waals surface area contributed by atoms with E-state index in [-0.39, 0.29) is 11.8 Å². The van der Waals surface area contributed by atoms with Gasteiger partial charge in [0.25, 0.3) is 0 Å².